The molecule has 0 aliphatic carbocycles. The van der Waals surface area contributed by atoms with Crippen molar-refractivity contribution in [2.45, 2.75) is 0 Å². The fourth-order valence-electron chi connectivity index (χ4n) is 2.81. The molecule has 4 aromatic rings. The molecule has 210 valence electrons. The number of thiocyanates is 1. The smallest absolute Gasteiger partial charge is 0.696 e. The summed E-state index contributed by atoms with van der Waals surface area (Å²) in [5, 5.41) is 43.9. The molecule has 0 aromatic carbocycles. The molecular weight excluding hydrogens is 643 g/mol. The minimum Gasteiger partial charge on any atom is -0.696 e. The van der Waals surface area contributed by atoms with Crippen LogP contribution in [-0.2, 0) is 32.1 Å². The Hall–Kier alpha value is -5.19. The second-order valence-corrected chi connectivity index (χ2v) is 7.21. The molecule has 0 aliphatic heterocycles. The van der Waals surface area contributed by atoms with Crippen molar-refractivity contribution in [1.82, 2.24) is 19.9 Å². The Morgan fingerprint density at radius 3 is 0.878 bits per heavy atom. The molecule has 0 radical (unpaired) electrons. The van der Waals surface area contributed by atoms with Gasteiger partial charge in [-0.2, -0.15) is 0 Å². The minimum absolute atomic E-state index is 0. The maximum Gasteiger partial charge on any atom is 2.00 e. The van der Waals surface area contributed by atoms with Crippen LogP contribution in [0.4, 0.5) is 0 Å². The van der Waals surface area contributed by atoms with Gasteiger partial charge in [-0.05, 0) is 48.5 Å². The summed E-state index contributed by atoms with van der Waals surface area (Å²) < 4.78 is 0. The molecule has 0 spiro atoms. The fraction of sp³-hybridized carbons (Fsp3) is 0. The molecule has 4 aromatic heterocycles. The molecule has 0 atom stereocenters. The number of pyridine rings is 4. The normalized spacial score (nSPS) is 8.95. The van der Waals surface area contributed by atoms with Crippen LogP contribution < -0.4 is 0 Å². The van der Waals surface area contributed by atoms with Gasteiger partial charge >= 0.3 is 43.4 Å². The summed E-state index contributed by atoms with van der Waals surface area (Å²) >= 11 is 3.70. The first-order valence-corrected chi connectivity index (χ1v) is 10.8. The number of aromatic carboxylic acids is 4. The van der Waals surface area contributed by atoms with Gasteiger partial charge in [0.2, 0.25) is 0 Å². The van der Waals surface area contributed by atoms with Gasteiger partial charge in [-0.15, -0.1) is 0 Å². The van der Waals surface area contributed by atoms with E-state index in [0.717, 1.165) is 0 Å². The number of carboxylic acid groups (broad SMARTS) is 4. The molecule has 0 unspecified atom stereocenters. The van der Waals surface area contributed by atoms with Gasteiger partial charge in [0.1, 0.15) is 0 Å². The zero-order chi connectivity index (χ0) is 28.9. The van der Waals surface area contributed by atoms with Crippen LogP contribution >= 0.6 is 0 Å². The molecule has 0 bridgehead atoms. The van der Waals surface area contributed by atoms with Crippen molar-refractivity contribution in [1.29, 1.82) is 5.26 Å². The van der Waals surface area contributed by atoms with E-state index < -0.39 is 23.9 Å². The topological polar surface area (TPSA) is 225 Å². The van der Waals surface area contributed by atoms with Crippen LogP contribution in [0.15, 0.2) is 73.3 Å². The zero-order valence-electron chi connectivity index (χ0n) is 20.8. The van der Waals surface area contributed by atoms with Crippen LogP contribution in [0.5, 0.6) is 0 Å². The summed E-state index contributed by atoms with van der Waals surface area (Å²) in [6.45, 7) is 0. The number of hydrogen-bond acceptors (Lipinski definition) is 10. The third-order valence-corrected chi connectivity index (χ3v) is 4.55. The van der Waals surface area contributed by atoms with Gasteiger partial charge in [-0.25, -0.2) is 24.4 Å². The summed E-state index contributed by atoms with van der Waals surface area (Å²) in [6, 6.07) is 10.8. The number of nitrogens with zero attached hydrogens (tertiary/aromatic N) is 5. The van der Waals surface area contributed by atoms with Gasteiger partial charge < -0.3 is 40.5 Å². The van der Waals surface area contributed by atoms with Crippen LogP contribution in [0.1, 0.15) is 41.4 Å². The SMILES string of the molecule is N#C[S-].O=C(O)c1ccnc(-c2cc(C(=O)O)ccn2)c1.O=C(O)c1ccnc(-c2cc(C(=O)O)ccn2)c1.[CH3-].[Ru+2]. The zero-order valence-corrected chi connectivity index (χ0v) is 23.4. The van der Waals surface area contributed by atoms with Crippen molar-refractivity contribution in [2.24, 2.45) is 0 Å². The first kappa shape index (κ1) is 35.8. The fourth-order valence-corrected chi connectivity index (χ4v) is 2.81. The molecule has 4 rings (SSSR count). The molecule has 0 amide bonds. The van der Waals surface area contributed by atoms with Gasteiger partial charge in [0.15, 0.2) is 0 Å². The van der Waals surface area contributed by atoms with Gasteiger partial charge in [-0.3, -0.25) is 19.9 Å². The molecule has 4 heterocycles. The van der Waals surface area contributed by atoms with E-state index in [4.69, 9.17) is 25.7 Å². The monoisotopic (exact) mass is 663 g/mol. The van der Waals surface area contributed by atoms with E-state index in [1.54, 1.807) is 0 Å². The Morgan fingerprint density at radius 1 is 0.561 bits per heavy atom. The van der Waals surface area contributed by atoms with Crippen molar-refractivity contribution in [2.75, 3.05) is 0 Å². The van der Waals surface area contributed by atoms with Crippen LogP contribution in [0, 0.1) is 18.1 Å². The van der Waals surface area contributed by atoms with Crippen LogP contribution in [0.3, 0.4) is 0 Å². The third-order valence-electron chi connectivity index (χ3n) is 4.55. The largest absolute Gasteiger partial charge is 2.00 e. The number of nitriles is 1. The van der Waals surface area contributed by atoms with E-state index in [1.165, 1.54) is 78.7 Å². The van der Waals surface area contributed by atoms with Crippen molar-refractivity contribution in [3.05, 3.63) is 103 Å². The molecule has 41 heavy (non-hydrogen) atoms. The van der Waals surface area contributed by atoms with Gasteiger partial charge in [0, 0.05) is 24.8 Å². The Morgan fingerprint density at radius 2 is 0.732 bits per heavy atom. The predicted octanol–water partition coefficient (Wildman–Crippen LogP) is 3.54. The Bertz CT molecular complexity index is 1360. The Kier molecular flexibility index (Phi) is 15.2. The van der Waals surface area contributed by atoms with Crippen LogP contribution in [0.25, 0.3) is 22.8 Å². The van der Waals surface area contributed by atoms with E-state index in [-0.39, 0.29) is 49.2 Å². The summed E-state index contributed by atoms with van der Waals surface area (Å²) in [7, 11) is 0. The first-order chi connectivity index (χ1) is 18.6. The second kappa shape index (κ2) is 17.4. The predicted molar refractivity (Wildman–Crippen MR) is 142 cm³/mol. The summed E-state index contributed by atoms with van der Waals surface area (Å²) in [5.74, 6) is -4.30. The quantitative estimate of drug-likeness (QED) is 0.100. The average Bonchev–Trinajstić information content (AvgIpc) is 2.94. The van der Waals surface area contributed by atoms with E-state index in [9.17, 15) is 19.2 Å². The second-order valence-electron chi connectivity index (χ2n) is 7.03. The molecule has 0 fully saturated rings. The summed E-state index contributed by atoms with van der Waals surface area (Å²) in [4.78, 5) is 59.2. The molecule has 13 nitrogen and oxygen atoms in total. The standard InChI is InChI=1S/2C12H8N2O4.CHNS.CH3.Ru/c2*15-11(16)7-1-3-13-9(5-7)10-6-8(12(17)18)2-4-14-10;2-1-3;;/h2*1-6H,(H,15,16)(H,17,18);3H;1H3;/q;;;-1;+2/p-1. The molecule has 4 N–H and O–H groups in total. The maximum atomic E-state index is 10.8. The molecule has 0 aliphatic rings. The van der Waals surface area contributed by atoms with Crippen molar-refractivity contribution in [3.8, 4) is 28.2 Å². The minimum atomic E-state index is -1.08. The first-order valence-electron chi connectivity index (χ1n) is 10.4. The number of rotatable bonds is 6. The molecule has 0 saturated heterocycles. The van der Waals surface area contributed by atoms with Gasteiger partial charge in [0.05, 0.1) is 45.0 Å². The molecular formula is C26H19N5O8RuS. The van der Waals surface area contributed by atoms with Gasteiger partial charge in [-0.1, -0.05) is 5.40 Å². The third kappa shape index (κ3) is 10.8. The number of carbonyl (C=O) groups is 4. The number of hydrogen-bond donors (Lipinski definition) is 4. The van der Waals surface area contributed by atoms with E-state index in [0.29, 0.717) is 22.8 Å². The summed E-state index contributed by atoms with van der Waals surface area (Å²) in [6.07, 6.45) is 5.36. The van der Waals surface area contributed by atoms with Gasteiger partial charge in [0.25, 0.3) is 0 Å². The van der Waals surface area contributed by atoms with Crippen molar-refractivity contribution >= 4 is 36.5 Å². The maximum absolute atomic E-state index is 10.8. The van der Waals surface area contributed by atoms with E-state index >= 15 is 0 Å². The summed E-state index contributed by atoms with van der Waals surface area (Å²) in [5.41, 5.74) is 1.56. The molecule has 15 heteroatoms. The number of aromatic nitrogens is 4. The van der Waals surface area contributed by atoms with E-state index in [1.807, 2.05) is 0 Å². The Labute approximate surface area is 251 Å². The van der Waals surface area contributed by atoms with Crippen LogP contribution in [0.2, 0.25) is 0 Å². The molecule has 0 saturated carbocycles. The van der Waals surface area contributed by atoms with Crippen LogP contribution in [-0.4, -0.2) is 64.2 Å². The van der Waals surface area contributed by atoms with Crippen molar-refractivity contribution < 1.29 is 59.1 Å². The Balaban J connectivity index is 0.000000682. The van der Waals surface area contributed by atoms with Crippen molar-refractivity contribution in [3.63, 3.8) is 0 Å². The average molecular weight is 663 g/mol. The number of carboxylic acids is 4. The van der Waals surface area contributed by atoms with E-state index in [2.05, 4.69) is 32.6 Å².